The van der Waals surface area contributed by atoms with Crippen LogP contribution in [0.1, 0.15) is 20.8 Å². The van der Waals surface area contributed by atoms with Gasteiger partial charge in [-0.05, 0) is 20.8 Å². The minimum atomic E-state index is -4.25. The second kappa shape index (κ2) is 4.24. The van der Waals surface area contributed by atoms with Gasteiger partial charge in [0.15, 0.2) is 0 Å². The zero-order chi connectivity index (χ0) is 11.6. The molecule has 1 atom stereocenters. The van der Waals surface area contributed by atoms with Gasteiger partial charge in [0, 0.05) is 0 Å². The molecule has 1 unspecified atom stereocenters. The highest BCUT2D eigenvalue weighted by Crippen LogP contribution is 2.08. The summed E-state index contributed by atoms with van der Waals surface area (Å²) in [4.78, 5) is 11.1. The number of carbonyl (C=O) groups excluding carboxylic acids is 1. The van der Waals surface area contributed by atoms with Crippen LogP contribution in [0.15, 0.2) is 0 Å². The molecule has 0 aromatic rings. The van der Waals surface area contributed by atoms with E-state index in [1.54, 1.807) is 20.8 Å². The number of nitrogens with two attached hydrogens (primary N) is 1. The third kappa shape index (κ3) is 6.81. The summed E-state index contributed by atoms with van der Waals surface area (Å²) in [5.74, 6) is -1.68. The molecule has 0 fully saturated rings. The van der Waals surface area contributed by atoms with Crippen LogP contribution in [-0.2, 0) is 19.6 Å². The van der Waals surface area contributed by atoms with Gasteiger partial charge in [-0.3, -0.25) is 9.35 Å². The van der Waals surface area contributed by atoms with Gasteiger partial charge in [-0.25, -0.2) is 0 Å². The van der Waals surface area contributed by atoms with Crippen molar-refractivity contribution in [2.24, 2.45) is 5.73 Å². The number of ether oxygens (including phenoxy) is 1. The second-order valence-electron chi connectivity index (χ2n) is 3.89. The van der Waals surface area contributed by atoms with Gasteiger partial charge in [0.2, 0.25) is 0 Å². The van der Waals surface area contributed by atoms with E-state index in [9.17, 15) is 13.2 Å². The fourth-order valence-electron chi connectivity index (χ4n) is 0.672. The van der Waals surface area contributed by atoms with Crippen molar-refractivity contribution in [3.8, 4) is 0 Å². The van der Waals surface area contributed by atoms with Gasteiger partial charge in [-0.2, -0.15) is 8.42 Å². The van der Waals surface area contributed by atoms with Crippen LogP contribution in [0.2, 0.25) is 0 Å². The van der Waals surface area contributed by atoms with E-state index in [1.165, 1.54) is 0 Å². The van der Waals surface area contributed by atoms with Crippen LogP contribution in [0.25, 0.3) is 0 Å². The van der Waals surface area contributed by atoms with Crippen molar-refractivity contribution < 1.29 is 22.5 Å². The van der Waals surface area contributed by atoms with Crippen LogP contribution in [0.4, 0.5) is 0 Å². The van der Waals surface area contributed by atoms with Crippen molar-refractivity contribution in [2.45, 2.75) is 32.4 Å². The van der Waals surface area contributed by atoms with Crippen LogP contribution in [-0.4, -0.2) is 36.3 Å². The van der Waals surface area contributed by atoms with Crippen molar-refractivity contribution in [3.63, 3.8) is 0 Å². The number of hydrogen-bond acceptors (Lipinski definition) is 5. The van der Waals surface area contributed by atoms with E-state index in [0.29, 0.717) is 0 Å². The molecule has 0 aliphatic carbocycles. The average Bonchev–Trinajstić information content (AvgIpc) is 1.78. The minimum Gasteiger partial charge on any atom is -0.459 e. The Morgan fingerprint density at radius 3 is 2.21 bits per heavy atom. The zero-order valence-corrected chi connectivity index (χ0v) is 9.17. The van der Waals surface area contributed by atoms with Crippen molar-refractivity contribution in [1.82, 2.24) is 0 Å². The highest BCUT2D eigenvalue weighted by atomic mass is 32.2. The summed E-state index contributed by atoms with van der Waals surface area (Å²) in [6, 6.07) is -1.36. The molecule has 3 N–H and O–H groups in total. The van der Waals surface area contributed by atoms with Crippen LogP contribution in [0.3, 0.4) is 0 Å². The molecule has 0 saturated carbocycles. The molecule has 14 heavy (non-hydrogen) atoms. The molecular weight excluding hydrogens is 210 g/mol. The Labute approximate surface area is 83.2 Å². The first-order valence-corrected chi connectivity index (χ1v) is 5.56. The van der Waals surface area contributed by atoms with Crippen LogP contribution < -0.4 is 5.73 Å². The van der Waals surface area contributed by atoms with E-state index in [4.69, 9.17) is 15.0 Å². The van der Waals surface area contributed by atoms with E-state index < -0.39 is 33.5 Å². The molecule has 0 aliphatic rings. The predicted octanol–water partition coefficient (Wildman–Crippen LogP) is -0.457. The van der Waals surface area contributed by atoms with Crippen LogP contribution in [0, 0.1) is 0 Å². The predicted molar refractivity (Wildman–Crippen MR) is 50.2 cm³/mol. The SMILES string of the molecule is CC(C)(C)OC(=O)C(N)CS(=O)(=O)O. The second-order valence-corrected chi connectivity index (χ2v) is 5.39. The molecule has 84 valence electrons. The summed E-state index contributed by atoms with van der Waals surface area (Å²) in [5.41, 5.74) is 4.47. The quantitative estimate of drug-likeness (QED) is 0.497. The molecular formula is C7H15NO5S. The Bertz CT molecular complexity index is 303. The first-order valence-electron chi connectivity index (χ1n) is 3.95. The summed E-state index contributed by atoms with van der Waals surface area (Å²) in [6.07, 6.45) is 0. The maximum atomic E-state index is 11.1. The largest absolute Gasteiger partial charge is 0.459 e. The lowest BCUT2D eigenvalue weighted by molar-refractivity contribution is -0.155. The van der Waals surface area contributed by atoms with Crippen molar-refractivity contribution in [3.05, 3.63) is 0 Å². The molecule has 0 aromatic heterocycles. The van der Waals surface area contributed by atoms with Crippen LogP contribution >= 0.6 is 0 Å². The Hall–Kier alpha value is -0.660. The van der Waals surface area contributed by atoms with Gasteiger partial charge < -0.3 is 10.5 Å². The van der Waals surface area contributed by atoms with Gasteiger partial charge in [-0.1, -0.05) is 0 Å². The molecule has 0 bridgehead atoms. The smallest absolute Gasteiger partial charge is 0.324 e. The summed E-state index contributed by atoms with van der Waals surface area (Å²) < 4.78 is 34.0. The van der Waals surface area contributed by atoms with E-state index in [1.807, 2.05) is 0 Å². The summed E-state index contributed by atoms with van der Waals surface area (Å²) in [5, 5.41) is 0. The minimum absolute atomic E-state index is 0.728. The topological polar surface area (TPSA) is 107 Å². The molecule has 0 aromatic carbocycles. The maximum Gasteiger partial charge on any atom is 0.324 e. The molecule has 0 aliphatic heterocycles. The zero-order valence-electron chi connectivity index (χ0n) is 8.35. The van der Waals surface area contributed by atoms with Gasteiger partial charge in [-0.15, -0.1) is 0 Å². The lowest BCUT2D eigenvalue weighted by Crippen LogP contribution is -2.41. The Morgan fingerprint density at radius 1 is 1.50 bits per heavy atom. The number of esters is 1. The van der Waals surface area contributed by atoms with Crippen LogP contribution in [0.5, 0.6) is 0 Å². The standard InChI is InChI=1S/C7H15NO5S/c1-7(2,3)13-6(9)5(8)4-14(10,11)12/h5H,4,8H2,1-3H3,(H,10,11,12). The Balaban J connectivity index is 4.29. The molecule has 0 rings (SSSR count). The summed E-state index contributed by atoms with van der Waals surface area (Å²) >= 11 is 0. The third-order valence-corrected chi connectivity index (χ3v) is 1.88. The highest BCUT2D eigenvalue weighted by molar-refractivity contribution is 7.85. The van der Waals surface area contributed by atoms with Gasteiger partial charge >= 0.3 is 5.97 Å². The number of carbonyl (C=O) groups is 1. The third-order valence-electron chi connectivity index (χ3n) is 1.10. The molecule has 6 nitrogen and oxygen atoms in total. The number of rotatable bonds is 3. The lowest BCUT2D eigenvalue weighted by atomic mass is 10.2. The molecule has 7 heteroatoms. The molecule has 0 saturated heterocycles. The lowest BCUT2D eigenvalue weighted by Gasteiger charge is -2.21. The normalized spacial score (nSPS) is 14.9. The number of hydrogen-bond donors (Lipinski definition) is 2. The average molecular weight is 225 g/mol. The first kappa shape index (κ1) is 13.3. The van der Waals surface area contributed by atoms with Crippen molar-refractivity contribution >= 4 is 16.1 Å². The van der Waals surface area contributed by atoms with E-state index in [-0.39, 0.29) is 0 Å². The van der Waals surface area contributed by atoms with Crippen molar-refractivity contribution in [2.75, 3.05) is 5.75 Å². The van der Waals surface area contributed by atoms with E-state index >= 15 is 0 Å². The van der Waals surface area contributed by atoms with Gasteiger partial charge in [0.1, 0.15) is 17.4 Å². The highest BCUT2D eigenvalue weighted by Gasteiger charge is 2.25. The fourth-order valence-corrected chi connectivity index (χ4v) is 1.26. The summed E-state index contributed by atoms with van der Waals surface area (Å²) in [7, 11) is -4.25. The Morgan fingerprint density at radius 2 is 1.93 bits per heavy atom. The first-order chi connectivity index (χ1) is 6.01. The fraction of sp³-hybridized carbons (Fsp3) is 0.857. The molecule has 0 heterocycles. The van der Waals surface area contributed by atoms with E-state index in [0.717, 1.165) is 0 Å². The molecule has 0 radical (unpaired) electrons. The monoisotopic (exact) mass is 225 g/mol. The molecule has 0 amide bonds. The maximum absolute atomic E-state index is 11.1. The van der Waals surface area contributed by atoms with Gasteiger partial charge in [0.05, 0.1) is 0 Å². The van der Waals surface area contributed by atoms with Crippen molar-refractivity contribution in [1.29, 1.82) is 0 Å². The van der Waals surface area contributed by atoms with Gasteiger partial charge in [0.25, 0.3) is 10.1 Å². The Kier molecular flexibility index (Phi) is 4.04. The summed E-state index contributed by atoms with van der Waals surface area (Å²) in [6.45, 7) is 4.89. The van der Waals surface area contributed by atoms with E-state index in [2.05, 4.69) is 0 Å². The molecule has 0 spiro atoms.